The molecule has 0 unspecified atom stereocenters. The van der Waals surface area contributed by atoms with Crippen molar-refractivity contribution < 1.29 is 6.17 Å². The maximum atomic E-state index is 10.7. The Balaban J connectivity index is 2.43. The van der Waals surface area contributed by atoms with Gasteiger partial charge < -0.3 is 0 Å². The molecule has 1 nitrogen and oxygen atoms in total. The van der Waals surface area contributed by atoms with Gasteiger partial charge in [0.05, 0.1) is 1.37 Å². The molecule has 0 spiro atoms. The van der Waals surface area contributed by atoms with Gasteiger partial charge in [-0.15, -0.1) is 0 Å². The molecular weight excluding hydrogens is 160 g/mol. The molecule has 0 bridgehead atoms. The first-order valence-corrected chi connectivity index (χ1v) is 4.42. The lowest BCUT2D eigenvalue weighted by Gasteiger charge is -1.95. The molecule has 68 valence electrons. The number of carbonyl (C=O) groups is 1. The molecule has 0 heterocycles. The van der Waals surface area contributed by atoms with Crippen LogP contribution in [0.15, 0.2) is 42.5 Å². The van der Waals surface area contributed by atoms with Gasteiger partial charge in [0.25, 0.3) is 0 Å². The number of benzene rings is 1. The van der Waals surface area contributed by atoms with Crippen LogP contribution in [0.25, 0.3) is 0 Å². The van der Waals surface area contributed by atoms with E-state index in [9.17, 15) is 4.79 Å². The third kappa shape index (κ3) is 4.26. The molecule has 0 radical (unpaired) electrons. The largest absolute Gasteiger partial charge is 0.295 e. The van der Waals surface area contributed by atoms with E-state index in [-0.39, 0.29) is 11.8 Å². The normalized spacial score (nSPS) is 12.4. The average Bonchev–Trinajstić information content (AvgIpc) is 2.19. The quantitative estimate of drug-likeness (QED) is 0.643. The van der Waals surface area contributed by atoms with Gasteiger partial charge in [0.1, 0.15) is 0 Å². The van der Waals surface area contributed by atoms with Gasteiger partial charge in [-0.1, -0.05) is 36.4 Å². The lowest BCUT2D eigenvalue weighted by Crippen LogP contribution is -1.83. The molecule has 13 heavy (non-hydrogen) atoms. The topological polar surface area (TPSA) is 17.1 Å². The summed E-state index contributed by atoms with van der Waals surface area (Å²) >= 11 is 0. The summed E-state index contributed by atoms with van der Waals surface area (Å²) in [4.78, 5) is 10.7. The molecule has 0 fully saturated rings. The molecule has 0 aliphatic heterocycles. The van der Waals surface area contributed by atoms with Gasteiger partial charge >= 0.3 is 0 Å². The molecular formula is C12H14O. The zero-order valence-corrected chi connectivity index (χ0v) is 7.79. The van der Waals surface area contributed by atoms with Gasteiger partial charge in [-0.3, -0.25) is 4.79 Å². The Morgan fingerprint density at radius 2 is 2.15 bits per heavy atom. The minimum absolute atomic E-state index is 0.112. The highest BCUT2D eigenvalue weighted by Gasteiger charge is 1.88. The summed E-state index contributed by atoms with van der Waals surface area (Å²) in [5.74, 6) is -0.168. The Morgan fingerprint density at radius 3 is 2.77 bits per heavy atom. The highest BCUT2D eigenvalue weighted by molar-refractivity contribution is 5.87. The van der Waals surface area contributed by atoms with Gasteiger partial charge in [0.15, 0.2) is 5.78 Å². The minimum atomic E-state index is -0.168. The van der Waals surface area contributed by atoms with E-state index in [1.807, 2.05) is 30.3 Å². The lowest BCUT2D eigenvalue weighted by molar-refractivity contribution is -0.112. The number of aryl methyl sites for hydroxylation is 1. The second kappa shape index (κ2) is 5.31. The first kappa shape index (κ1) is 8.24. The molecule has 0 N–H and O–H groups in total. The molecule has 0 saturated heterocycles. The SMILES string of the molecule is [2H]/C(=C\CCc1ccccc1)C(C)=O. The second-order valence-corrected chi connectivity index (χ2v) is 2.93. The van der Waals surface area contributed by atoms with E-state index >= 15 is 0 Å². The van der Waals surface area contributed by atoms with Crippen LogP contribution in [0.5, 0.6) is 0 Å². The molecule has 1 heteroatoms. The number of allylic oxidation sites excluding steroid dienone is 2. The Bertz CT molecular complexity index is 327. The van der Waals surface area contributed by atoms with Crippen LogP contribution in [0.3, 0.4) is 0 Å². The Morgan fingerprint density at radius 1 is 1.46 bits per heavy atom. The number of ketones is 1. The van der Waals surface area contributed by atoms with E-state index in [1.165, 1.54) is 12.5 Å². The average molecular weight is 175 g/mol. The maximum Gasteiger partial charge on any atom is 0.152 e. The predicted octanol–water partition coefficient (Wildman–Crippen LogP) is 2.76. The van der Waals surface area contributed by atoms with Crippen LogP contribution in [0, 0.1) is 0 Å². The molecule has 1 rings (SSSR count). The van der Waals surface area contributed by atoms with E-state index in [0.717, 1.165) is 12.8 Å². The van der Waals surface area contributed by atoms with Crippen molar-refractivity contribution in [3.63, 3.8) is 0 Å². The van der Waals surface area contributed by atoms with Crippen molar-refractivity contribution in [2.24, 2.45) is 0 Å². The highest BCUT2D eigenvalue weighted by atomic mass is 16.1. The third-order valence-electron chi connectivity index (χ3n) is 1.73. The van der Waals surface area contributed by atoms with Crippen molar-refractivity contribution in [1.82, 2.24) is 0 Å². The number of hydrogen-bond acceptors (Lipinski definition) is 1. The molecule has 0 aromatic heterocycles. The molecule has 0 atom stereocenters. The fraction of sp³-hybridized carbons (Fsp3) is 0.250. The summed E-state index contributed by atoms with van der Waals surface area (Å²) in [5.41, 5.74) is 1.24. The predicted molar refractivity (Wildman–Crippen MR) is 54.6 cm³/mol. The maximum absolute atomic E-state index is 10.7. The minimum Gasteiger partial charge on any atom is -0.295 e. The van der Waals surface area contributed by atoms with Gasteiger partial charge in [-0.2, -0.15) is 0 Å². The van der Waals surface area contributed by atoms with E-state index < -0.39 is 0 Å². The fourth-order valence-electron chi connectivity index (χ4n) is 1.10. The zero-order chi connectivity index (χ0) is 10.4. The Kier molecular flexibility index (Phi) is 3.36. The lowest BCUT2D eigenvalue weighted by atomic mass is 10.1. The third-order valence-corrected chi connectivity index (χ3v) is 1.73. The highest BCUT2D eigenvalue weighted by Crippen LogP contribution is 2.02. The number of carbonyl (C=O) groups excluding carboxylic acids is 1. The molecule has 1 aromatic carbocycles. The summed E-state index contributed by atoms with van der Waals surface area (Å²) in [6.45, 7) is 1.42. The summed E-state index contributed by atoms with van der Waals surface area (Å²) in [6, 6.07) is 10.2. The summed E-state index contributed by atoms with van der Waals surface area (Å²) in [6.07, 6.45) is 3.31. The molecule has 0 aliphatic carbocycles. The van der Waals surface area contributed by atoms with Crippen molar-refractivity contribution in [1.29, 1.82) is 0 Å². The smallest absolute Gasteiger partial charge is 0.152 e. The van der Waals surface area contributed by atoms with Gasteiger partial charge in [0, 0.05) is 0 Å². The number of rotatable bonds is 4. The molecule has 0 saturated carbocycles. The summed E-state index contributed by atoms with van der Waals surface area (Å²) in [5, 5.41) is 0. The Hall–Kier alpha value is -1.37. The summed E-state index contributed by atoms with van der Waals surface area (Å²) < 4.78 is 7.30. The first-order chi connectivity index (χ1) is 6.70. The van der Waals surface area contributed by atoms with Crippen LogP contribution in [-0.2, 0) is 11.2 Å². The van der Waals surface area contributed by atoms with E-state index in [2.05, 4.69) is 0 Å². The second-order valence-electron chi connectivity index (χ2n) is 2.93. The Labute approximate surface area is 80.5 Å². The van der Waals surface area contributed by atoms with Crippen LogP contribution >= 0.6 is 0 Å². The van der Waals surface area contributed by atoms with Gasteiger partial charge in [-0.25, -0.2) is 0 Å². The van der Waals surface area contributed by atoms with Gasteiger partial charge in [0.2, 0.25) is 0 Å². The van der Waals surface area contributed by atoms with Crippen molar-refractivity contribution in [2.45, 2.75) is 19.8 Å². The molecule has 1 aromatic rings. The van der Waals surface area contributed by atoms with E-state index in [4.69, 9.17) is 1.37 Å². The van der Waals surface area contributed by atoms with Crippen LogP contribution in [-0.4, -0.2) is 5.78 Å². The van der Waals surface area contributed by atoms with Crippen molar-refractivity contribution in [3.05, 3.63) is 48.0 Å². The van der Waals surface area contributed by atoms with Crippen molar-refractivity contribution in [3.8, 4) is 0 Å². The summed E-state index contributed by atoms with van der Waals surface area (Å²) in [7, 11) is 0. The van der Waals surface area contributed by atoms with E-state index in [1.54, 1.807) is 6.08 Å². The monoisotopic (exact) mass is 175 g/mol. The fourth-order valence-corrected chi connectivity index (χ4v) is 1.10. The molecule has 0 amide bonds. The van der Waals surface area contributed by atoms with Crippen LogP contribution in [0.4, 0.5) is 0 Å². The van der Waals surface area contributed by atoms with Crippen molar-refractivity contribution in [2.75, 3.05) is 0 Å². The van der Waals surface area contributed by atoms with Crippen LogP contribution in [0.2, 0.25) is 0 Å². The van der Waals surface area contributed by atoms with Crippen LogP contribution in [0.1, 0.15) is 20.3 Å². The number of hydrogen-bond donors (Lipinski definition) is 0. The van der Waals surface area contributed by atoms with Crippen molar-refractivity contribution >= 4 is 5.78 Å². The standard InChI is InChI=1S/C12H14O/c1-11(13)7-5-6-10-12-8-3-2-4-9-12/h2-5,7-9H,6,10H2,1H3/b7-5+/i7D. The van der Waals surface area contributed by atoms with E-state index in [0.29, 0.717) is 0 Å². The van der Waals surface area contributed by atoms with Crippen LogP contribution < -0.4 is 0 Å². The molecule has 0 aliphatic rings. The first-order valence-electron chi connectivity index (χ1n) is 4.92. The zero-order valence-electron chi connectivity index (χ0n) is 8.79. The van der Waals surface area contributed by atoms with Gasteiger partial charge in [-0.05, 0) is 31.4 Å².